The van der Waals surface area contributed by atoms with Gasteiger partial charge in [-0.2, -0.15) is 0 Å². The Bertz CT molecular complexity index is 584. The van der Waals surface area contributed by atoms with Gasteiger partial charge in [-0.25, -0.2) is 4.39 Å². The van der Waals surface area contributed by atoms with Crippen LogP contribution < -0.4 is 4.74 Å². The van der Waals surface area contributed by atoms with E-state index in [2.05, 4.69) is 31.9 Å². The molecule has 100 valence electrons. The van der Waals surface area contributed by atoms with Gasteiger partial charge in [0.1, 0.15) is 11.6 Å². The lowest BCUT2D eigenvalue weighted by atomic mass is 10.0. The Kier molecular flexibility index (Phi) is 4.87. The first-order valence-electron chi connectivity index (χ1n) is 5.44. The van der Waals surface area contributed by atoms with Gasteiger partial charge in [-0.05, 0) is 29.8 Å². The quantitative estimate of drug-likeness (QED) is 0.589. The zero-order chi connectivity index (χ0) is 14.0. The van der Waals surface area contributed by atoms with Crippen LogP contribution in [0, 0.1) is 5.82 Å². The summed E-state index contributed by atoms with van der Waals surface area (Å²) in [5.74, 6) is 0.172. The Morgan fingerprint density at radius 2 is 1.95 bits per heavy atom. The maximum atomic E-state index is 14.0. The van der Waals surface area contributed by atoms with Crippen molar-refractivity contribution in [2.75, 3.05) is 7.11 Å². The van der Waals surface area contributed by atoms with Crippen LogP contribution in [0.4, 0.5) is 4.39 Å². The van der Waals surface area contributed by atoms with E-state index < -0.39 is 0 Å². The van der Waals surface area contributed by atoms with Gasteiger partial charge in [0.2, 0.25) is 0 Å². The summed E-state index contributed by atoms with van der Waals surface area (Å²) in [4.78, 5) is -0.270. The summed E-state index contributed by atoms with van der Waals surface area (Å²) < 4.78 is 19.9. The highest BCUT2D eigenvalue weighted by molar-refractivity contribution is 9.10. The van der Waals surface area contributed by atoms with Gasteiger partial charge in [-0.1, -0.05) is 49.5 Å². The molecule has 19 heavy (non-hydrogen) atoms. The van der Waals surface area contributed by atoms with Crippen molar-refractivity contribution in [3.63, 3.8) is 0 Å². The van der Waals surface area contributed by atoms with E-state index in [1.807, 2.05) is 6.07 Å². The van der Waals surface area contributed by atoms with Crippen LogP contribution in [0.2, 0.25) is 5.02 Å². The predicted octanol–water partition coefficient (Wildman–Crippen LogP) is 5.73. The lowest BCUT2D eigenvalue weighted by Gasteiger charge is -2.13. The molecule has 2 aromatic carbocycles. The van der Waals surface area contributed by atoms with Crippen molar-refractivity contribution in [2.24, 2.45) is 0 Å². The van der Waals surface area contributed by atoms with Crippen LogP contribution in [0.1, 0.15) is 16.0 Å². The molecule has 0 aromatic heterocycles. The van der Waals surface area contributed by atoms with Crippen molar-refractivity contribution in [1.29, 1.82) is 0 Å². The van der Waals surface area contributed by atoms with E-state index in [9.17, 15) is 4.39 Å². The van der Waals surface area contributed by atoms with Gasteiger partial charge in [0.25, 0.3) is 0 Å². The van der Waals surface area contributed by atoms with Crippen molar-refractivity contribution < 1.29 is 9.13 Å². The second-order valence-corrected chi connectivity index (χ2v) is 6.22. The Morgan fingerprint density at radius 3 is 2.53 bits per heavy atom. The molecular formula is C14H10Br2ClFO. The fourth-order valence-electron chi connectivity index (χ4n) is 1.74. The number of alkyl halides is 1. The third-order valence-electron chi connectivity index (χ3n) is 2.66. The molecule has 0 bridgehead atoms. The zero-order valence-electron chi connectivity index (χ0n) is 9.96. The van der Waals surface area contributed by atoms with Crippen molar-refractivity contribution in [2.45, 2.75) is 4.83 Å². The predicted molar refractivity (Wildman–Crippen MR) is 82.9 cm³/mol. The number of methoxy groups -OCH3 is 1. The van der Waals surface area contributed by atoms with E-state index in [0.717, 1.165) is 10.0 Å². The highest BCUT2D eigenvalue weighted by Gasteiger charge is 2.16. The number of halogens is 4. The summed E-state index contributed by atoms with van der Waals surface area (Å²) in [6.45, 7) is 0. The Labute approximate surface area is 133 Å². The smallest absolute Gasteiger partial charge is 0.131 e. The zero-order valence-corrected chi connectivity index (χ0v) is 13.9. The average Bonchev–Trinajstić information content (AvgIpc) is 2.36. The van der Waals surface area contributed by atoms with E-state index in [0.29, 0.717) is 16.3 Å². The average molecular weight is 408 g/mol. The van der Waals surface area contributed by atoms with Gasteiger partial charge >= 0.3 is 0 Å². The molecule has 0 fully saturated rings. The summed E-state index contributed by atoms with van der Waals surface area (Å²) in [6.07, 6.45) is 0. The van der Waals surface area contributed by atoms with Gasteiger partial charge in [0.15, 0.2) is 0 Å². The van der Waals surface area contributed by atoms with Gasteiger partial charge in [-0.15, -0.1) is 0 Å². The van der Waals surface area contributed by atoms with E-state index in [4.69, 9.17) is 16.3 Å². The third-order valence-corrected chi connectivity index (χ3v) is 4.36. The van der Waals surface area contributed by atoms with E-state index in [-0.39, 0.29) is 10.6 Å². The molecule has 0 amide bonds. The van der Waals surface area contributed by atoms with Crippen molar-refractivity contribution in [3.8, 4) is 5.75 Å². The molecule has 1 unspecified atom stereocenters. The van der Waals surface area contributed by atoms with Crippen LogP contribution in [0.25, 0.3) is 0 Å². The molecule has 0 N–H and O–H groups in total. The molecule has 5 heteroatoms. The van der Waals surface area contributed by atoms with Crippen LogP contribution >= 0.6 is 43.5 Å². The normalized spacial score (nSPS) is 12.3. The second-order valence-electron chi connectivity index (χ2n) is 3.95. The fourth-order valence-corrected chi connectivity index (χ4v) is 3.26. The maximum absolute atomic E-state index is 14.0. The largest absolute Gasteiger partial charge is 0.497 e. The number of hydrogen-bond acceptors (Lipinski definition) is 1. The highest BCUT2D eigenvalue weighted by atomic mass is 79.9. The van der Waals surface area contributed by atoms with Gasteiger partial charge in [0, 0.05) is 21.1 Å². The molecule has 2 aromatic rings. The molecule has 0 spiro atoms. The molecule has 0 aliphatic heterocycles. The standard InChI is InChI=1S/C14H10Br2ClFO/c1-19-11-2-3-12(13(18)7-11)14(16)8-4-9(15)6-10(17)5-8/h2-7,14H,1H3. The molecule has 1 atom stereocenters. The molecule has 2 rings (SSSR count). The van der Waals surface area contributed by atoms with E-state index in [1.54, 1.807) is 24.3 Å². The van der Waals surface area contributed by atoms with Crippen LogP contribution in [-0.4, -0.2) is 7.11 Å². The SMILES string of the molecule is COc1ccc(C(Br)c2cc(Cl)cc(Br)c2)c(F)c1. The first-order valence-corrected chi connectivity index (χ1v) is 7.53. The molecule has 0 aliphatic carbocycles. The maximum Gasteiger partial charge on any atom is 0.131 e. The monoisotopic (exact) mass is 406 g/mol. The minimum atomic E-state index is -0.322. The topological polar surface area (TPSA) is 9.23 Å². The summed E-state index contributed by atoms with van der Waals surface area (Å²) in [6, 6.07) is 10.3. The molecular weight excluding hydrogens is 398 g/mol. The molecule has 0 saturated carbocycles. The summed E-state index contributed by atoms with van der Waals surface area (Å²) in [5, 5.41) is 0.600. The van der Waals surface area contributed by atoms with Crippen LogP contribution in [0.3, 0.4) is 0 Å². The van der Waals surface area contributed by atoms with E-state index >= 15 is 0 Å². The Balaban J connectivity index is 2.40. The number of rotatable bonds is 3. The van der Waals surface area contributed by atoms with Crippen molar-refractivity contribution in [1.82, 2.24) is 0 Å². The number of benzene rings is 2. The van der Waals surface area contributed by atoms with Gasteiger partial charge in [-0.3, -0.25) is 0 Å². The third kappa shape index (κ3) is 3.50. The fraction of sp³-hybridized carbons (Fsp3) is 0.143. The minimum absolute atomic E-state index is 0.270. The van der Waals surface area contributed by atoms with Crippen molar-refractivity contribution >= 4 is 43.5 Å². The molecule has 0 saturated heterocycles. The minimum Gasteiger partial charge on any atom is -0.497 e. The summed E-state index contributed by atoms with van der Waals surface area (Å²) >= 11 is 12.9. The van der Waals surface area contributed by atoms with Crippen LogP contribution in [-0.2, 0) is 0 Å². The highest BCUT2D eigenvalue weighted by Crippen LogP contribution is 2.36. The second kappa shape index (κ2) is 6.25. The summed E-state index contributed by atoms with van der Waals surface area (Å²) in [5.41, 5.74) is 1.42. The molecule has 1 nitrogen and oxygen atoms in total. The number of hydrogen-bond donors (Lipinski definition) is 0. The van der Waals surface area contributed by atoms with Crippen molar-refractivity contribution in [3.05, 3.63) is 62.8 Å². The van der Waals surface area contributed by atoms with Crippen LogP contribution in [0.5, 0.6) is 5.75 Å². The van der Waals surface area contributed by atoms with Crippen LogP contribution in [0.15, 0.2) is 40.9 Å². The first kappa shape index (κ1) is 14.8. The molecule has 0 radical (unpaired) electrons. The van der Waals surface area contributed by atoms with Gasteiger partial charge in [0.05, 0.1) is 11.9 Å². The lowest BCUT2D eigenvalue weighted by Crippen LogP contribution is -1.97. The van der Waals surface area contributed by atoms with Gasteiger partial charge < -0.3 is 4.74 Å². The first-order chi connectivity index (χ1) is 9.01. The molecule has 0 aliphatic rings. The number of ether oxygens (including phenoxy) is 1. The Hall–Kier alpha value is -0.580. The molecule has 0 heterocycles. The Morgan fingerprint density at radius 1 is 1.21 bits per heavy atom. The summed E-state index contributed by atoms with van der Waals surface area (Å²) in [7, 11) is 1.51. The van der Waals surface area contributed by atoms with E-state index in [1.165, 1.54) is 13.2 Å². The lowest BCUT2D eigenvalue weighted by molar-refractivity contribution is 0.411.